The SMILES string of the molecule is CCCCCCCCCCCCCCCCCCCCCC(C)C(C)CCCCC. The van der Waals surface area contributed by atoms with Gasteiger partial charge >= 0.3 is 0 Å². The van der Waals surface area contributed by atoms with Crippen LogP contribution in [0.15, 0.2) is 0 Å². The first kappa shape index (κ1) is 30.0. The van der Waals surface area contributed by atoms with Crippen LogP contribution >= 0.6 is 0 Å². The predicted molar refractivity (Wildman–Crippen MR) is 140 cm³/mol. The molecule has 0 amide bonds. The van der Waals surface area contributed by atoms with Crippen molar-refractivity contribution >= 4 is 0 Å². The van der Waals surface area contributed by atoms with Crippen molar-refractivity contribution in [1.82, 2.24) is 0 Å². The highest BCUT2D eigenvalue weighted by molar-refractivity contribution is 4.63. The van der Waals surface area contributed by atoms with Crippen molar-refractivity contribution < 1.29 is 0 Å². The molecule has 182 valence electrons. The van der Waals surface area contributed by atoms with Gasteiger partial charge in [0.25, 0.3) is 0 Å². The molecule has 0 aromatic carbocycles. The Kier molecular flexibility index (Phi) is 25.3. The first-order valence-electron chi connectivity index (χ1n) is 14.7. The molecular weight excluding hydrogens is 360 g/mol. The highest BCUT2D eigenvalue weighted by Gasteiger charge is 2.11. The molecule has 2 unspecified atom stereocenters. The molecule has 0 aromatic heterocycles. The van der Waals surface area contributed by atoms with Gasteiger partial charge in [0.05, 0.1) is 0 Å². The molecule has 0 radical (unpaired) electrons. The minimum Gasteiger partial charge on any atom is -0.0654 e. The van der Waals surface area contributed by atoms with Gasteiger partial charge in [-0.3, -0.25) is 0 Å². The second kappa shape index (κ2) is 25.3. The van der Waals surface area contributed by atoms with E-state index in [-0.39, 0.29) is 0 Å². The predicted octanol–water partition coefficient (Wildman–Crippen LogP) is 11.7. The minimum atomic E-state index is 0.937. The van der Waals surface area contributed by atoms with E-state index in [9.17, 15) is 0 Å². The van der Waals surface area contributed by atoms with Gasteiger partial charge in [-0.2, -0.15) is 0 Å². The molecule has 0 aliphatic rings. The molecule has 0 nitrogen and oxygen atoms in total. The number of rotatable bonds is 25. The van der Waals surface area contributed by atoms with Crippen LogP contribution in [-0.2, 0) is 0 Å². The Bertz CT molecular complexity index is 294. The van der Waals surface area contributed by atoms with Gasteiger partial charge in [-0.1, -0.05) is 182 Å². The Morgan fingerprint density at radius 1 is 0.300 bits per heavy atom. The van der Waals surface area contributed by atoms with Crippen LogP contribution < -0.4 is 0 Å². The maximum atomic E-state index is 2.49. The Labute approximate surface area is 193 Å². The van der Waals surface area contributed by atoms with Crippen molar-refractivity contribution in [1.29, 1.82) is 0 Å². The van der Waals surface area contributed by atoms with E-state index < -0.39 is 0 Å². The van der Waals surface area contributed by atoms with Crippen LogP contribution in [0.5, 0.6) is 0 Å². The van der Waals surface area contributed by atoms with Crippen LogP contribution in [0.1, 0.15) is 182 Å². The third kappa shape index (κ3) is 22.7. The molecule has 0 heterocycles. The Morgan fingerprint density at radius 2 is 0.500 bits per heavy atom. The van der Waals surface area contributed by atoms with E-state index in [1.54, 1.807) is 0 Å². The quantitative estimate of drug-likeness (QED) is 0.128. The van der Waals surface area contributed by atoms with Gasteiger partial charge in [0.15, 0.2) is 0 Å². The van der Waals surface area contributed by atoms with Crippen molar-refractivity contribution in [3.05, 3.63) is 0 Å². The van der Waals surface area contributed by atoms with Crippen LogP contribution in [0.2, 0.25) is 0 Å². The molecule has 0 saturated heterocycles. The second-order valence-corrected chi connectivity index (χ2v) is 10.6. The van der Waals surface area contributed by atoms with E-state index in [1.807, 2.05) is 0 Å². The first-order chi connectivity index (χ1) is 14.7. The highest BCUT2D eigenvalue weighted by Crippen LogP contribution is 2.24. The van der Waals surface area contributed by atoms with Gasteiger partial charge in [-0.25, -0.2) is 0 Å². The summed E-state index contributed by atoms with van der Waals surface area (Å²) in [4.78, 5) is 0. The van der Waals surface area contributed by atoms with Crippen LogP contribution in [-0.4, -0.2) is 0 Å². The largest absolute Gasteiger partial charge is 0.0654 e. The smallest absolute Gasteiger partial charge is 0.0417 e. The van der Waals surface area contributed by atoms with E-state index in [0.717, 1.165) is 11.8 Å². The fraction of sp³-hybridized carbons (Fsp3) is 1.00. The lowest BCUT2D eigenvalue weighted by Gasteiger charge is -2.19. The standard InChI is InChI=1S/C30H62/c1-5-7-9-10-11-12-13-14-15-16-17-18-19-20-21-22-23-24-26-28-30(4)29(3)27-25-8-6-2/h29-30H,5-28H2,1-4H3. The molecule has 0 N–H and O–H groups in total. The van der Waals surface area contributed by atoms with Gasteiger partial charge in [0.2, 0.25) is 0 Å². The van der Waals surface area contributed by atoms with Crippen LogP contribution in [0.4, 0.5) is 0 Å². The summed E-state index contributed by atoms with van der Waals surface area (Å²) in [5.41, 5.74) is 0. The van der Waals surface area contributed by atoms with Crippen molar-refractivity contribution in [2.45, 2.75) is 182 Å². The maximum absolute atomic E-state index is 2.49. The summed E-state index contributed by atoms with van der Waals surface area (Å²) in [7, 11) is 0. The lowest BCUT2D eigenvalue weighted by atomic mass is 9.87. The summed E-state index contributed by atoms with van der Waals surface area (Å²) in [6, 6.07) is 0. The summed E-state index contributed by atoms with van der Waals surface area (Å²) in [5, 5.41) is 0. The van der Waals surface area contributed by atoms with Gasteiger partial charge in [-0.05, 0) is 11.8 Å². The van der Waals surface area contributed by atoms with Gasteiger partial charge < -0.3 is 0 Å². The summed E-state index contributed by atoms with van der Waals surface area (Å²) in [6.07, 6.45) is 35.2. The van der Waals surface area contributed by atoms with E-state index >= 15 is 0 Å². The minimum absolute atomic E-state index is 0.937. The lowest BCUT2D eigenvalue weighted by molar-refractivity contribution is 0.323. The Balaban J connectivity index is 3.16. The Morgan fingerprint density at radius 3 is 0.800 bits per heavy atom. The van der Waals surface area contributed by atoms with E-state index in [1.165, 1.54) is 154 Å². The third-order valence-electron chi connectivity index (χ3n) is 7.50. The van der Waals surface area contributed by atoms with Crippen molar-refractivity contribution in [2.75, 3.05) is 0 Å². The molecule has 2 atom stereocenters. The van der Waals surface area contributed by atoms with Crippen molar-refractivity contribution in [2.24, 2.45) is 11.8 Å². The Hall–Kier alpha value is 0. The zero-order valence-corrected chi connectivity index (χ0v) is 22.1. The molecule has 0 aromatic rings. The number of hydrogen-bond donors (Lipinski definition) is 0. The van der Waals surface area contributed by atoms with Crippen LogP contribution in [0, 0.1) is 11.8 Å². The molecule has 0 fully saturated rings. The van der Waals surface area contributed by atoms with Crippen molar-refractivity contribution in [3.8, 4) is 0 Å². The maximum Gasteiger partial charge on any atom is -0.0417 e. The van der Waals surface area contributed by atoms with Crippen molar-refractivity contribution in [3.63, 3.8) is 0 Å². The van der Waals surface area contributed by atoms with Crippen LogP contribution in [0.25, 0.3) is 0 Å². The summed E-state index contributed by atoms with van der Waals surface area (Å²) in [6.45, 7) is 9.59. The molecule has 0 bridgehead atoms. The monoisotopic (exact) mass is 422 g/mol. The number of hydrogen-bond acceptors (Lipinski definition) is 0. The molecule has 30 heavy (non-hydrogen) atoms. The molecule has 0 aliphatic heterocycles. The zero-order chi connectivity index (χ0) is 22.1. The molecule has 0 rings (SSSR count). The zero-order valence-electron chi connectivity index (χ0n) is 22.1. The third-order valence-corrected chi connectivity index (χ3v) is 7.50. The average molecular weight is 423 g/mol. The summed E-state index contributed by atoms with van der Waals surface area (Å²) < 4.78 is 0. The summed E-state index contributed by atoms with van der Waals surface area (Å²) in [5.74, 6) is 1.87. The van der Waals surface area contributed by atoms with E-state index in [4.69, 9.17) is 0 Å². The summed E-state index contributed by atoms with van der Waals surface area (Å²) >= 11 is 0. The topological polar surface area (TPSA) is 0 Å². The second-order valence-electron chi connectivity index (χ2n) is 10.6. The van der Waals surface area contributed by atoms with Gasteiger partial charge in [-0.15, -0.1) is 0 Å². The normalized spacial score (nSPS) is 13.6. The van der Waals surface area contributed by atoms with Gasteiger partial charge in [0.1, 0.15) is 0 Å². The first-order valence-corrected chi connectivity index (χ1v) is 14.7. The molecule has 0 heteroatoms. The van der Waals surface area contributed by atoms with E-state index in [2.05, 4.69) is 27.7 Å². The fourth-order valence-corrected chi connectivity index (χ4v) is 4.83. The highest BCUT2D eigenvalue weighted by atomic mass is 14.2. The van der Waals surface area contributed by atoms with Gasteiger partial charge in [0, 0.05) is 0 Å². The average Bonchev–Trinajstić information content (AvgIpc) is 2.75. The number of unbranched alkanes of at least 4 members (excludes halogenated alkanes) is 20. The molecular formula is C30H62. The lowest BCUT2D eigenvalue weighted by Crippen LogP contribution is -2.08. The molecule has 0 saturated carbocycles. The molecule has 0 spiro atoms. The fourth-order valence-electron chi connectivity index (χ4n) is 4.83. The molecule has 0 aliphatic carbocycles. The van der Waals surface area contributed by atoms with E-state index in [0.29, 0.717) is 0 Å². The van der Waals surface area contributed by atoms with Crippen LogP contribution in [0.3, 0.4) is 0 Å².